The Labute approximate surface area is 207 Å². The van der Waals surface area contributed by atoms with Crippen LogP contribution in [0.3, 0.4) is 0 Å². The first-order chi connectivity index (χ1) is 16.8. The fourth-order valence-corrected chi connectivity index (χ4v) is 5.95. The van der Waals surface area contributed by atoms with Crippen LogP contribution in [0.2, 0.25) is 5.02 Å². The number of nitrogens with zero attached hydrogens (tertiary/aromatic N) is 4. The molecule has 0 bridgehead atoms. The molecule has 0 aliphatic carbocycles. The highest BCUT2D eigenvalue weighted by atomic mass is 35.5. The van der Waals surface area contributed by atoms with Gasteiger partial charge in [0.2, 0.25) is 10.0 Å². The number of allylic oxidation sites excluding steroid dienone is 1. The third-order valence-electron chi connectivity index (χ3n) is 5.88. The van der Waals surface area contributed by atoms with Crippen molar-refractivity contribution in [2.24, 2.45) is 0 Å². The fraction of sp³-hybridized carbons (Fsp3) is 0.250. The molecule has 2 heterocycles. The van der Waals surface area contributed by atoms with Gasteiger partial charge in [0.25, 0.3) is 5.91 Å². The molecule has 2 aliphatic heterocycles. The van der Waals surface area contributed by atoms with Gasteiger partial charge in [0.15, 0.2) is 6.73 Å². The Morgan fingerprint density at radius 2 is 1.77 bits per heavy atom. The summed E-state index contributed by atoms with van der Waals surface area (Å²) in [5.41, 5.74) is 0.365. The average Bonchev–Trinajstić information content (AvgIpc) is 3.15. The minimum Gasteiger partial charge on any atom is -0.443 e. The zero-order valence-electron chi connectivity index (χ0n) is 18.3. The van der Waals surface area contributed by atoms with Crippen molar-refractivity contribution >= 4 is 44.8 Å². The zero-order chi connectivity index (χ0) is 25.2. The van der Waals surface area contributed by atoms with Gasteiger partial charge in [-0.1, -0.05) is 29.8 Å². The maximum atomic E-state index is 13.2. The van der Waals surface area contributed by atoms with E-state index in [2.05, 4.69) is 0 Å². The lowest BCUT2D eigenvalue weighted by molar-refractivity contribution is -0.149. The quantitative estimate of drug-likeness (QED) is 0.342. The van der Waals surface area contributed by atoms with E-state index >= 15 is 0 Å². The van der Waals surface area contributed by atoms with Crippen LogP contribution in [-0.2, 0) is 24.3 Å². The lowest BCUT2D eigenvalue weighted by Crippen LogP contribution is -2.49. The number of carbonyl (C=O) groups is 2. The Balaban J connectivity index is 1.56. The number of piperidine rings is 1. The van der Waals surface area contributed by atoms with Crippen LogP contribution < -0.4 is 4.90 Å². The number of nitriles is 2. The minimum absolute atomic E-state index is 0.0144. The molecule has 2 aromatic carbocycles. The van der Waals surface area contributed by atoms with E-state index in [1.54, 1.807) is 36.4 Å². The van der Waals surface area contributed by atoms with Crippen LogP contribution in [0.1, 0.15) is 24.8 Å². The molecule has 0 aromatic heterocycles. The molecule has 1 fully saturated rings. The van der Waals surface area contributed by atoms with Gasteiger partial charge >= 0.3 is 5.97 Å². The van der Waals surface area contributed by atoms with Gasteiger partial charge in [-0.15, -0.1) is 0 Å². The number of hydrogen-bond acceptors (Lipinski definition) is 7. The molecule has 1 saturated heterocycles. The maximum absolute atomic E-state index is 13.2. The number of sulfonamides is 1. The maximum Gasteiger partial charge on any atom is 0.326 e. The Morgan fingerprint density at radius 1 is 1.09 bits per heavy atom. The molecular weight excluding hydrogens is 492 g/mol. The molecule has 4 rings (SSSR count). The smallest absolute Gasteiger partial charge is 0.326 e. The number of carbonyl (C=O) groups excluding carboxylic acids is 2. The molecule has 1 amide bonds. The molecule has 2 aromatic rings. The lowest BCUT2D eigenvalue weighted by atomic mass is 10.0. The first-order valence-corrected chi connectivity index (χ1v) is 12.5. The summed E-state index contributed by atoms with van der Waals surface area (Å²) in [7, 11) is -3.98. The number of esters is 1. The molecule has 0 radical (unpaired) electrons. The first-order valence-electron chi connectivity index (χ1n) is 10.7. The first kappa shape index (κ1) is 24.4. The van der Waals surface area contributed by atoms with Crippen LogP contribution in [-0.4, -0.2) is 43.9 Å². The molecule has 1 atom stereocenters. The second-order valence-corrected chi connectivity index (χ2v) is 10.2. The predicted molar refractivity (Wildman–Crippen MR) is 126 cm³/mol. The second-order valence-electron chi connectivity index (χ2n) is 7.90. The number of hydrogen-bond donors (Lipinski definition) is 0. The van der Waals surface area contributed by atoms with Gasteiger partial charge in [-0.25, -0.2) is 8.42 Å². The summed E-state index contributed by atoms with van der Waals surface area (Å²) in [6, 6.07) is 14.6. The van der Waals surface area contributed by atoms with E-state index in [1.165, 1.54) is 24.3 Å². The van der Waals surface area contributed by atoms with Crippen molar-refractivity contribution in [1.82, 2.24) is 4.31 Å². The summed E-state index contributed by atoms with van der Waals surface area (Å²) in [4.78, 5) is 27.2. The summed E-state index contributed by atoms with van der Waals surface area (Å²) in [6.07, 6.45) is 1.50. The van der Waals surface area contributed by atoms with E-state index in [0.29, 0.717) is 29.1 Å². The van der Waals surface area contributed by atoms with Crippen molar-refractivity contribution in [1.29, 1.82) is 10.5 Å². The highest BCUT2D eigenvalue weighted by Crippen LogP contribution is 2.38. The molecule has 178 valence electrons. The summed E-state index contributed by atoms with van der Waals surface area (Å²) < 4.78 is 33.0. The van der Waals surface area contributed by atoms with Crippen LogP contribution in [0.15, 0.2) is 59.0 Å². The van der Waals surface area contributed by atoms with Crippen molar-refractivity contribution in [2.45, 2.75) is 30.2 Å². The second kappa shape index (κ2) is 9.88. The number of anilines is 1. The number of halogens is 1. The molecular formula is C24H19ClN4O5S. The molecule has 0 saturated carbocycles. The van der Waals surface area contributed by atoms with E-state index in [9.17, 15) is 28.5 Å². The SMILES string of the molecule is N#CC(C#N)=C1C(=O)N(COC(=O)C2CCCCN2S(=O)(=O)c2ccc(Cl)cc2)c2ccccc21. The molecule has 0 N–H and O–H groups in total. The topological polar surface area (TPSA) is 132 Å². The van der Waals surface area contributed by atoms with Gasteiger partial charge in [-0.3, -0.25) is 14.5 Å². The number of amides is 1. The number of benzene rings is 2. The van der Waals surface area contributed by atoms with E-state index in [1.807, 2.05) is 0 Å². The third kappa shape index (κ3) is 4.52. The van der Waals surface area contributed by atoms with Crippen molar-refractivity contribution in [3.63, 3.8) is 0 Å². The average molecular weight is 511 g/mol. The Hall–Kier alpha value is -3.70. The fourth-order valence-electron chi connectivity index (χ4n) is 4.18. The van der Waals surface area contributed by atoms with Crippen LogP contribution in [0.4, 0.5) is 5.69 Å². The van der Waals surface area contributed by atoms with Gasteiger partial charge in [-0.2, -0.15) is 14.8 Å². The Morgan fingerprint density at radius 3 is 2.46 bits per heavy atom. The van der Waals surface area contributed by atoms with E-state index < -0.39 is 34.7 Å². The van der Waals surface area contributed by atoms with Crippen molar-refractivity contribution in [3.05, 3.63) is 64.7 Å². The predicted octanol–water partition coefficient (Wildman–Crippen LogP) is 3.23. The summed E-state index contributed by atoms with van der Waals surface area (Å²) in [5.74, 6) is -1.43. The molecule has 0 spiro atoms. The van der Waals surface area contributed by atoms with E-state index in [0.717, 1.165) is 9.21 Å². The third-order valence-corrected chi connectivity index (χ3v) is 8.05. The minimum atomic E-state index is -3.98. The van der Waals surface area contributed by atoms with Crippen molar-refractivity contribution in [3.8, 4) is 12.1 Å². The van der Waals surface area contributed by atoms with Crippen molar-refractivity contribution < 1.29 is 22.7 Å². The highest BCUT2D eigenvalue weighted by Gasteiger charge is 2.40. The van der Waals surface area contributed by atoms with Gasteiger partial charge in [0.1, 0.15) is 23.8 Å². The van der Waals surface area contributed by atoms with Crippen molar-refractivity contribution in [2.75, 3.05) is 18.2 Å². The highest BCUT2D eigenvalue weighted by molar-refractivity contribution is 7.89. The van der Waals surface area contributed by atoms with Gasteiger partial charge in [-0.05, 0) is 49.6 Å². The lowest BCUT2D eigenvalue weighted by Gasteiger charge is -2.33. The van der Waals surface area contributed by atoms with E-state index in [-0.39, 0.29) is 29.0 Å². The molecule has 9 nitrogen and oxygen atoms in total. The van der Waals surface area contributed by atoms with Gasteiger partial charge < -0.3 is 4.74 Å². The number of ether oxygens (including phenoxy) is 1. The molecule has 11 heteroatoms. The van der Waals surface area contributed by atoms with Crippen LogP contribution in [0.5, 0.6) is 0 Å². The van der Waals surface area contributed by atoms with Gasteiger partial charge in [0.05, 0.1) is 16.2 Å². The number of para-hydroxylation sites is 1. The summed E-state index contributed by atoms with van der Waals surface area (Å²) >= 11 is 5.87. The molecule has 35 heavy (non-hydrogen) atoms. The Kier molecular flexibility index (Phi) is 6.90. The summed E-state index contributed by atoms with van der Waals surface area (Å²) in [5, 5.41) is 18.9. The van der Waals surface area contributed by atoms with Crippen LogP contribution >= 0.6 is 11.6 Å². The van der Waals surface area contributed by atoms with Crippen LogP contribution in [0, 0.1) is 22.7 Å². The normalized spacial score (nSPS) is 17.9. The van der Waals surface area contributed by atoms with Crippen LogP contribution in [0.25, 0.3) is 5.57 Å². The monoisotopic (exact) mass is 510 g/mol. The van der Waals surface area contributed by atoms with Gasteiger partial charge in [0, 0.05) is 17.1 Å². The molecule has 2 aliphatic rings. The number of fused-ring (bicyclic) bond motifs is 1. The number of rotatable bonds is 5. The zero-order valence-corrected chi connectivity index (χ0v) is 19.9. The standard InChI is InChI=1S/C24H19ClN4O5S/c25-17-8-10-18(11-9-17)35(32,33)29-12-4-3-7-21(29)24(31)34-15-28-20-6-2-1-5-19(20)22(23(28)30)16(13-26)14-27/h1-2,5-6,8-11,21H,3-4,7,12,15H2. The van der Waals surface area contributed by atoms with E-state index in [4.69, 9.17) is 16.3 Å². The Bertz CT molecular complexity index is 1390. The largest absolute Gasteiger partial charge is 0.443 e. The molecule has 1 unspecified atom stereocenters. The summed E-state index contributed by atoms with van der Waals surface area (Å²) in [6.45, 7) is -0.343.